The van der Waals surface area contributed by atoms with Gasteiger partial charge in [0, 0.05) is 23.4 Å². The quantitative estimate of drug-likeness (QED) is 0.102. The first-order valence-corrected chi connectivity index (χ1v) is 16.1. The molecule has 0 saturated heterocycles. The Hall–Kier alpha value is -3.68. The fraction of sp³-hybridized carbons (Fsp3) is 0.543. The Labute approximate surface area is 257 Å². The van der Waals surface area contributed by atoms with E-state index in [4.69, 9.17) is 5.11 Å². The number of rotatable bonds is 22. The lowest BCUT2D eigenvalue weighted by Gasteiger charge is -2.15. The second-order valence-corrected chi connectivity index (χ2v) is 11.4. The van der Waals surface area contributed by atoms with Crippen LogP contribution in [0.4, 0.5) is 11.4 Å². The minimum atomic E-state index is -1.10. The van der Waals surface area contributed by atoms with Gasteiger partial charge in [-0.3, -0.25) is 14.4 Å². The van der Waals surface area contributed by atoms with Gasteiger partial charge in [-0.15, -0.1) is 0 Å². The maximum Gasteiger partial charge on any atom is 0.335 e. The van der Waals surface area contributed by atoms with E-state index in [1.807, 2.05) is 0 Å². The van der Waals surface area contributed by atoms with Gasteiger partial charge in [-0.2, -0.15) is 0 Å². The maximum absolute atomic E-state index is 12.6. The van der Waals surface area contributed by atoms with Crippen LogP contribution >= 0.6 is 0 Å². The first-order valence-electron chi connectivity index (χ1n) is 16.1. The number of hydrogen-bond acceptors (Lipinski definition) is 4. The van der Waals surface area contributed by atoms with E-state index in [0.717, 1.165) is 12.8 Å². The molecule has 0 unspecified atom stereocenters. The Bertz CT molecular complexity index is 1130. The van der Waals surface area contributed by atoms with Crippen molar-refractivity contribution in [2.45, 2.75) is 123 Å². The van der Waals surface area contributed by atoms with Crippen molar-refractivity contribution in [2.75, 3.05) is 10.6 Å². The van der Waals surface area contributed by atoms with E-state index in [-0.39, 0.29) is 11.5 Å². The molecule has 0 saturated carbocycles. The highest BCUT2D eigenvalue weighted by Gasteiger charge is 2.17. The SMILES string of the molecule is CCCCCCCCCCCCCCCCCC(=O)Nc1ccc(C(=O)N[C@H](C)C(=O)Nc2cccc(C(=O)O)c2)cc1. The molecule has 0 aliphatic heterocycles. The Balaban J connectivity index is 1.56. The van der Waals surface area contributed by atoms with Gasteiger partial charge in [-0.25, -0.2) is 4.79 Å². The van der Waals surface area contributed by atoms with Crippen LogP contribution < -0.4 is 16.0 Å². The third kappa shape index (κ3) is 15.4. The fourth-order valence-corrected chi connectivity index (χ4v) is 4.91. The summed E-state index contributed by atoms with van der Waals surface area (Å²) in [5.74, 6) is -2.04. The lowest BCUT2D eigenvalue weighted by atomic mass is 10.0. The number of hydrogen-bond donors (Lipinski definition) is 4. The molecular formula is C35H51N3O5. The lowest BCUT2D eigenvalue weighted by Crippen LogP contribution is -2.41. The summed E-state index contributed by atoms with van der Waals surface area (Å²) in [5, 5.41) is 17.2. The van der Waals surface area contributed by atoms with E-state index >= 15 is 0 Å². The molecule has 8 heteroatoms. The van der Waals surface area contributed by atoms with Crippen molar-refractivity contribution in [2.24, 2.45) is 0 Å². The highest BCUT2D eigenvalue weighted by atomic mass is 16.4. The van der Waals surface area contributed by atoms with Gasteiger partial charge in [-0.1, -0.05) is 103 Å². The molecule has 2 aromatic rings. The molecule has 0 spiro atoms. The normalized spacial score (nSPS) is 11.5. The summed E-state index contributed by atoms with van der Waals surface area (Å²) in [7, 11) is 0. The predicted molar refractivity (Wildman–Crippen MR) is 174 cm³/mol. The zero-order valence-corrected chi connectivity index (χ0v) is 26.1. The molecule has 0 fully saturated rings. The average Bonchev–Trinajstić information content (AvgIpc) is 2.99. The van der Waals surface area contributed by atoms with Gasteiger partial charge >= 0.3 is 5.97 Å². The number of aromatic carboxylic acids is 1. The molecule has 2 rings (SSSR count). The van der Waals surface area contributed by atoms with Crippen LogP contribution in [0.3, 0.4) is 0 Å². The Morgan fingerprint density at radius 1 is 0.651 bits per heavy atom. The molecule has 0 radical (unpaired) electrons. The summed E-state index contributed by atoms with van der Waals surface area (Å²) in [6, 6.07) is 11.6. The van der Waals surface area contributed by atoms with E-state index < -0.39 is 23.8 Å². The number of carbonyl (C=O) groups excluding carboxylic acids is 3. The van der Waals surface area contributed by atoms with Crippen LogP contribution in [0.1, 0.15) is 137 Å². The average molecular weight is 594 g/mol. The van der Waals surface area contributed by atoms with E-state index in [9.17, 15) is 19.2 Å². The summed E-state index contributed by atoms with van der Waals surface area (Å²) in [4.78, 5) is 48.5. The van der Waals surface area contributed by atoms with Crippen LogP contribution in [0.2, 0.25) is 0 Å². The molecule has 2 aromatic carbocycles. The third-order valence-corrected chi connectivity index (χ3v) is 7.56. The van der Waals surface area contributed by atoms with Gasteiger partial charge in [0.15, 0.2) is 0 Å². The highest BCUT2D eigenvalue weighted by Crippen LogP contribution is 2.15. The molecular weight excluding hydrogens is 542 g/mol. The Morgan fingerprint density at radius 2 is 1.19 bits per heavy atom. The van der Waals surface area contributed by atoms with Crippen molar-refractivity contribution in [3.63, 3.8) is 0 Å². The Kier molecular flexibility index (Phi) is 17.4. The van der Waals surface area contributed by atoms with E-state index in [1.54, 1.807) is 37.3 Å². The fourth-order valence-electron chi connectivity index (χ4n) is 4.91. The first kappa shape index (κ1) is 35.5. The number of anilines is 2. The van der Waals surface area contributed by atoms with Gasteiger partial charge in [0.25, 0.3) is 5.91 Å². The van der Waals surface area contributed by atoms with Crippen molar-refractivity contribution < 1.29 is 24.3 Å². The number of carbonyl (C=O) groups is 4. The predicted octanol–water partition coefficient (Wildman–Crippen LogP) is 8.34. The third-order valence-electron chi connectivity index (χ3n) is 7.56. The van der Waals surface area contributed by atoms with Gasteiger partial charge in [0.2, 0.25) is 11.8 Å². The molecule has 3 amide bonds. The zero-order valence-electron chi connectivity index (χ0n) is 26.1. The van der Waals surface area contributed by atoms with Gasteiger partial charge in [0.1, 0.15) is 6.04 Å². The summed E-state index contributed by atoms with van der Waals surface area (Å²) in [6.07, 6.45) is 19.8. The number of carboxylic acids is 1. The zero-order chi connectivity index (χ0) is 31.3. The van der Waals surface area contributed by atoms with Crippen LogP contribution in [0.25, 0.3) is 0 Å². The number of benzene rings is 2. The van der Waals surface area contributed by atoms with Crippen LogP contribution in [0.5, 0.6) is 0 Å². The van der Waals surface area contributed by atoms with E-state index in [1.165, 1.54) is 102 Å². The van der Waals surface area contributed by atoms with Crippen molar-refractivity contribution in [3.8, 4) is 0 Å². The standard InChI is InChI=1S/C35H51N3O5/c1-3-4-5-6-7-8-9-10-11-12-13-14-15-16-17-21-32(39)37-30-24-22-28(23-25-30)34(41)36-27(2)33(40)38-31-20-18-19-29(26-31)35(42)43/h18-20,22-27H,3-17,21H2,1-2H3,(H,36,41)(H,37,39)(H,38,40)(H,42,43)/t27-/m1/s1. The smallest absolute Gasteiger partial charge is 0.335 e. The largest absolute Gasteiger partial charge is 0.478 e. The maximum atomic E-state index is 12.6. The molecule has 0 bridgehead atoms. The van der Waals surface area contributed by atoms with Crippen LogP contribution in [0.15, 0.2) is 48.5 Å². The molecule has 0 aliphatic carbocycles. The lowest BCUT2D eigenvalue weighted by molar-refractivity contribution is -0.118. The molecule has 236 valence electrons. The second kappa shape index (κ2) is 21.1. The minimum Gasteiger partial charge on any atom is -0.478 e. The summed E-state index contributed by atoms with van der Waals surface area (Å²) >= 11 is 0. The number of carboxylic acid groups (broad SMARTS) is 1. The van der Waals surface area contributed by atoms with Crippen LogP contribution in [-0.4, -0.2) is 34.8 Å². The van der Waals surface area contributed by atoms with Crippen molar-refractivity contribution in [3.05, 3.63) is 59.7 Å². The Morgan fingerprint density at radius 3 is 1.72 bits per heavy atom. The van der Waals surface area contributed by atoms with Crippen molar-refractivity contribution in [1.82, 2.24) is 5.32 Å². The van der Waals surface area contributed by atoms with Gasteiger partial charge in [0.05, 0.1) is 5.56 Å². The van der Waals surface area contributed by atoms with Crippen LogP contribution in [-0.2, 0) is 9.59 Å². The second-order valence-electron chi connectivity index (χ2n) is 11.4. The monoisotopic (exact) mass is 593 g/mol. The number of amides is 3. The number of unbranched alkanes of at least 4 members (excludes halogenated alkanes) is 14. The molecule has 0 aliphatic rings. The van der Waals surface area contributed by atoms with Crippen LogP contribution in [0, 0.1) is 0 Å². The highest BCUT2D eigenvalue weighted by molar-refractivity contribution is 6.01. The summed E-state index contributed by atoms with van der Waals surface area (Å²) in [6.45, 7) is 3.80. The summed E-state index contributed by atoms with van der Waals surface area (Å²) < 4.78 is 0. The van der Waals surface area contributed by atoms with Crippen molar-refractivity contribution >= 4 is 35.1 Å². The van der Waals surface area contributed by atoms with E-state index in [0.29, 0.717) is 23.4 Å². The number of nitrogens with one attached hydrogen (secondary N) is 3. The first-order chi connectivity index (χ1) is 20.8. The minimum absolute atomic E-state index is 0.0378. The van der Waals surface area contributed by atoms with Gasteiger partial charge in [-0.05, 0) is 55.8 Å². The molecule has 8 nitrogen and oxygen atoms in total. The molecule has 43 heavy (non-hydrogen) atoms. The topological polar surface area (TPSA) is 125 Å². The van der Waals surface area contributed by atoms with E-state index in [2.05, 4.69) is 22.9 Å². The molecule has 0 heterocycles. The molecule has 0 aromatic heterocycles. The molecule has 1 atom stereocenters. The van der Waals surface area contributed by atoms with Crippen molar-refractivity contribution in [1.29, 1.82) is 0 Å². The summed E-state index contributed by atoms with van der Waals surface area (Å²) in [5.41, 5.74) is 1.35. The molecule has 4 N–H and O–H groups in total. The van der Waals surface area contributed by atoms with Gasteiger partial charge < -0.3 is 21.1 Å².